The number of fused-ring (bicyclic) bond motifs is 1. The van der Waals surface area contributed by atoms with Crippen molar-refractivity contribution in [2.75, 3.05) is 5.32 Å². The Morgan fingerprint density at radius 2 is 1.93 bits per heavy atom. The minimum atomic E-state index is -0.189. The summed E-state index contributed by atoms with van der Waals surface area (Å²) >= 11 is 0. The summed E-state index contributed by atoms with van der Waals surface area (Å²) in [5.74, 6) is 1.52. The van der Waals surface area contributed by atoms with Gasteiger partial charge in [0.25, 0.3) is 5.91 Å². The van der Waals surface area contributed by atoms with Crippen LogP contribution in [0.5, 0.6) is 5.88 Å². The molecule has 5 rings (SSSR count). The van der Waals surface area contributed by atoms with E-state index in [0.717, 1.165) is 48.6 Å². The topological polar surface area (TPSA) is 69.0 Å². The standard InChI is InChI=1S/C24H26N4O2/c29-24(17-12-13-23(25-15-17)30-18-7-1-2-8-18)27-20-10-4-3-9-19(20)21-16-28-14-6-5-11-22(28)26-21/h3-4,9-10,12-13,15-16,18H,1-2,5-8,11,14H2,(H,27,29). The van der Waals surface area contributed by atoms with E-state index in [1.807, 2.05) is 24.3 Å². The predicted molar refractivity (Wildman–Crippen MR) is 116 cm³/mol. The molecule has 6 heteroatoms. The maximum atomic E-state index is 12.8. The van der Waals surface area contributed by atoms with Crippen LogP contribution in [0, 0.1) is 0 Å². The number of hydrogen-bond donors (Lipinski definition) is 1. The third kappa shape index (κ3) is 3.95. The molecule has 1 amide bonds. The lowest BCUT2D eigenvalue weighted by molar-refractivity contribution is 0.102. The highest BCUT2D eigenvalue weighted by Gasteiger charge is 2.18. The highest BCUT2D eigenvalue weighted by Crippen LogP contribution is 2.29. The van der Waals surface area contributed by atoms with Gasteiger partial charge in [0.15, 0.2) is 0 Å². The van der Waals surface area contributed by atoms with Crippen molar-refractivity contribution >= 4 is 11.6 Å². The lowest BCUT2D eigenvalue weighted by Crippen LogP contribution is -2.14. The summed E-state index contributed by atoms with van der Waals surface area (Å²) in [6.45, 7) is 1.01. The Balaban J connectivity index is 1.32. The second-order valence-corrected chi connectivity index (χ2v) is 8.10. The number of ether oxygens (including phenoxy) is 1. The number of carbonyl (C=O) groups is 1. The van der Waals surface area contributed by atoms with E-state index in [0.29, 0.717) is 11.4 Å². The number of benzene rings is 1. The van der Waals surface area contributed by atoms with Crippen LogP contribution >= 0.6 is 0 Å². The molecular formula is C24H26N4O2. The first kappa shape index (κ1) is 18.9. The van der Waals surface area contributed by atoms with Crippen LogP contribution < -0.4 is 10.1 Å². The van der Waals surface area contributed by atoms with Gasteiger partial charge in [0, 0.05) is 37.0 Å². The van der Waals surface area contributed by atoms with Crippen molar-refractivity contribution in [3.05, 3.63) is 60.2 Å². The van der Waals surface area contributed by atoms with E-state index >= 15 is 0 Å². The molecular weight excluding hydrogens is 376 g/mol. The van der Waals surface area contributed by atoms with Crippen molar-refractivity contribution in [2.24, 2.45) is 0 Å². The number of pyridine rings is 1. The summed E-state index contributed by atoms with van der Waals surface area (Å²) in [6.07, 6.45) is 11.9. The quantitative estimate of drug-likeness (QED) is 0.662. The van der Waals surface area contributed by atoms with Gasteiger partial charge in [-0.1, -0.05) is 18.2 Å². The number of nitrogens with zero attached hydrogens (tertiary/aromatic N) is 3. The average Bonchev–Trinajstić information content (AvgIpc) is 3.44. The molecule has 3 aromatic rings. The number of amides is 1. The lowest BCUT2D eigenvalue weighted by Gasteiger charge is -2.12. The molecule has 30 heavy (non-hydrogen) atoms. The van der Waals surface area contributed by atoms with Gasteiger partial charge in [-0.25, -0.2) is 9.97 Å². The molecule has 6 nitrogen and oxygen atoms in total. The van der Waals surface area contributed by atoms with Crippen LogP contribution in [0.4, 0.5) is 5.69 Å². The SMILES string of the molecule is O=C(Nc1ccccc1-c1cn2c(n1)CCCC2)c1ccc(OC2CCCC2)nc1. The molecule has 0 radical (unpaired) electrons. The van der Waals surface area contributed by atoms with Crippen molar-refractivity contribution in [3.8, 4) is 17.1 Å². The first-order chi connectivity index (χ1) is 14.8. The fraction of sp³-hybridized carbons (Fsp3) is 0.375. The molecule has 1 aliphatic carbocycles. The summed E-state index contributed by atoms with van der Waals surface area (Å²) in [5, 5.41) is 3.03. The molecule has 2 aliphatic rings. The Morgan fingerprint density at radius 1 is 1.07 bits per heavy atom. The fourth-order valence-electron chi connectivity index (χ4n) is 4.31. The molecule has 3 heterocycles. The Hall–Kier alpha value is -3.15. The number of anilines is 1. The number of imidazole rings is 1. The van der Waals surface area contributed by atoms with Crippen molar-refractivity contribution in [2.45, 2.75) is 57.6 Å². The number of aryl methyl sites for hydroxylation is 2. The molecule has 2 aromatic heterocycles. The van der Waals surface area contributed by atoms with Gasteiger partial charge >= 0.3 is 0 Å². The van der Waals surface area contributed by atoms with Gasteiger partial charge in [0.2, 0.25) is 5.88 Å². The maximum absolute atomic E-state index is 12.8. The highest BCUT2D eigenvalue weighted by molar-refractivity contribution is 6.06. The fourth-order valence-corrected chi connectivity index (χ4v) is 4.31. The summed E-state index contributed by atoms with van der Waals surface area (Å²) in [5.41, 5.74) is 3.10. The van der Waals surface area contributed by atoms with E-state index in [1.165, 1.54) is 25.7 Å². The van der Waals surface area contributed by atoms with Gasteiger partial charge in [-0.15, -0.1) is 0 Å². The lowest BCUT2D eigenvalue weighted by atomic mass is 10.1. The van der Waals surface area contributed by atoms with Gasteiger partial charge in [0.05, 0.1) is 16.9 Å². The van der Waals surface area contributed by atoms with E-state index in [9.17, 15) is 4.79 Å². The van der Waals surface area contributed by atoms with Gasteiger partial charge in [0.1, 0.15) is 11.9 Å². The van der Waals surface area contributed by atoms with Gasteiger partial charge in [-0.3, -0.25) is 4.79 Å². The maximum Gasteiger partial charge on any atom is 0.257 e. The number of carbonyl (C=O) groups excluding carboxylic acids is 1. The zero-order chi connectivity index (χ0) is 20.3. The molecule has 1 aromatic carbocycles. The number of rotatable bonds is 5. The minimum Gasteiger partial charge on any atom is -0.474 e. The van der Waals surface area contributed by atoms with Gasteiger partial charge < -0.3 is 14.6 Å². The van der Waals surface area contributed by atoms with E-state index < -0.39 is 0 Å². The zero-order valence-corrected chi connectivity index (χ0v) is 17.0. The average molecular weight is 402 g/mol. The molecule has 154 valence electrons. The Bertz CT molecular complexity index is 1010. The van der Waals surface area contributed by atoms with Crippen LogP contribution in [0.3, 0.4) is 0 Å². The first-order valence-electron chi connectivity index (χ1n) is 10.9. The molecule has 0 bridgehead atoms. The van der Waals surface area contributed by atoms with Gasteiger partial charge in [-0.2, -0.15) is 0 Å². The third-order valence-electron chi connectivity index (χ3n) is 5.95. The summed E-state index contributed by atoms with van der Waals surface area (Å²) in [6, 6.07) is 11.4. The number of nitrogens with one attached hydrogen (secondary N) is 1. The van der Waals surface area contributed by atoms with E-state index in [2.05, 4.69) is 21.1 Å². The van der Waals surface area contributed by atoms with Gasteiger partial charge in [-0.05, 0) is 50.7 Å². The van der Waals surface area contributed by atoms with Crippen LogP contribution in [0.2, 0.25) is 0 Å². The summed E-state index contributed by atoms with van der Waals surface area (Å²) in [4.78, 5) is 22.0. The second-order valence-electron chi connectivity index (χ2n) is 8.10. The molecule has 1 saturated carbocycles. The minimum absolute atomic E-state index is 0.189. The van der Waals surface area contributed by atoms with E-state index in [4.69, 9.17) is 9.72 Å². The summed E-state index contributed by atoms with van der Waals surface area (Å²) < 4.78 is 8.12. The van der Waals surface area contributed by atoms with Crippen LogP contribution in [-0.4, -0.2) is 26.5 Å². The van der Waals surface area contributed by atoms with E-state index in [1.54, 1.807) is 18.3 Å². The normalized spacial score (nSPS) is 16.3. The Morgan fingerprint density at radius 3 is 2.73 bits per heavy atom. The number of hydrogen-bond acceptors (Lipinski definition) is 4. The van der Waals surface area contributed by atoms with Crippen molar-refractivity contribution in [1.82, 2.24) is 14.5 Å². The highest BCUT2D eigenvalue weighted by atomic mass is 16.5. The molecule has 1 N–H and O–H groups in total. The second kappa shape index (κ2) is 8.30. The van der Waals surface area contributed by atoms with Crippen molar-refractivity contribution in [1.29, 1.82) is 0 Å². The largest absolute Gasteiger partial charge is 0.474 e. The van der Waals surface area contributed by atoms with Crippen LogP contribution in [-0.2, 0) is 13.0 Å². The predicted octanol–water partition coefficient (Wildman–Crippen LogP) is 4.86. The molecule has 0 atom stereocenters. The molecule has 0 unspecified atom stereocenters. The first-order valence-corrected chi connectivity index (χ1v) is 10.9. The molecule has 1 aliphatic heterocycles. The number of aromatic nitrogens is 3. The summed E-state index contributed by atoms with van der Waals surface area (Å²) in [7, 11) is 0. The number of para-hydroxylation sites is 1. The molecule has 0 spiro atoms. The smallest absolute Gasteiger partial charge is 0.257 e. The molecule has 1 fully saturated rings. The Labute approximate surface area is 176 Å². The van der Waals surface area contributed by atoms with Crippen molar-refractivity contribution in [3.63, 3.8) is 0 Å². The third-order valence-corrected chi connectivity index (χ3v) is 5.95. The molecule has 0 saturated heterocycles. The zero-order valence-electron chi connectivity index (χ0n) is 17.0. The Kier molecular flexibility index (Phi) is 5.22. The van der Waals surface area contributed by atoms with E-state index in [-0.39, 0.29) is 12.0 Å². The van der Waals surface area contributed by atoms with Crippen molar-refractivity contribution < 1.29 is 9.53 Å². The van der Waals surface area contributed by atoms with Crippen LogP contribution in [0.1, 0.15) is 54.7 Å². The van der Waals surface area contributed by atoms with Crippen LogP contribution in [0.25, 0.3) is 11.3 Å². The monoisotopic (exact) mass is 402 g/mol. The van der Waals surface area contributed by atoms with Crippen LogP contribution in [0.15, 0.2) is 48.8 Å².